The second-order valence-electron chi connectivity index (χ2n) is 3.25. The van der Waals surface area contributed by atoms with Crippen LogP contribution < -0.4 is 0 Å². The van der Waals surface area contributed by atoms with Gasteiger partial charge in [-0.15, -0.1) is 0 Å². The molecule has 0 heterocycles. The summed E-state index contributed by atoms with van der Waals surface area (Å²) in [5, 5.41) is 0.428. The fourth-order valence-electron chi connectivity index (χ4n) is 0.976. The molecule has 0 saturated carbocycles. The van der Waals surface area contributed by atoms with Crippen molar-refractivity contribution in [1.29, 1.82) is 0 Å². The van der Waals surface area contributed by atoms with E-state index in [1.54, 1.807) is 0 Å². The fourth-order valence-corrected chi connectivity index (χ4v) is 4.47. The highest BCUT2D eigenvalue weighted by molar-refractivity contribution is 8.76. The van der Waals surface area contributed by atoms with Gasteiger partial charge in [0.2, 0.25) is 0 Å². The van der Waals surface area contributed by atoms with E-state index >= 15 is 0 Å². The van der Waals surface area contributed by atoms with Gasteiger partial charge >= 0.3 is 0 Å². The first-order valence-corrected chi connectivity index (χ1v) is 8.27. The minimum atomic E-state index is -1.12. The molecule has 0 nitrogen and oxygen atoms in total. The molecule has 0 radical (unpaired) electrons. The van der Waals surface area contributed by atoms with Crippen molar-refractivity contribution in [3.63, 3.8) is 0 Å². The van der Waals surface area contributed by atoms with Crippen molar-refractivity contribution in [2.75, 3.05) is 5.75 Å². The molecule has 0 spiro atoms. The number of hydrogen-bond donors (Lipinski definition) is 0. The van der Waals surface area contributed by atoms with Gasteiger partial charge in [0.1, 0.15) is 0 Å². The Morgan fingerprint density at radius 1 is 1.21 bits per heavy atom. The van der Waals surface area contributed by atoms with Gasteiger partial charge in [-0.25, -0.2) is 0 Å². The van der Waals surface area contributed by atoms with Crippen LogP contribution in [0.4, 0.5) is 0 Å². The molecular formula is C9H17Cl3S2. The summed E-state index contributed by atoms with van der Waals surface area (Å²) in [6.07, 6.45) is 1.76. The van der Waals surface area contributed by atoms with Crippen LogP contribution in [0.5, 0.6) is 0 Å². The van der Waals surface area contributed by atoms with Gasteiger partial charge in [0.15, 0.2) is 3.79 Å². The summed E-state index contributed by atoms with van der Waals surface area (Å²) in [7, 11) is 3.69. The normalized spacial score (nSPS) is 16.7. The molecular weight excluding hydrogens is 279 g/mol. The zero-order valence-corrected chi connectivity index (χ0v) is 12.6. The Balaban J connectivity index is 4.10. The smallest absolute Gasteiger partial charge is 0.0942 e. The maximum Gasteiger partial charge on any atom is 0.191 e. The van der Waals surface area contributed by atoms with Crippen LogP contribution in [0.2, 0.25) is 0 Å². The summed E-state index contributed by atoms with van der Waals surface area (Å²) in [6.45, 7) is 6.53. The Hall–Kier alpha value is 1.57. The van der Waals surface area contributed by atoms with Gasteiger partial charge in [-0.3, -0.25) is 0 Å². The molecule has 2 atom stereocenters. The first-order valence-electron chi connectivity index (χ1n) is 4.75. The first-order chi connectivity index (χ1) is 6.40. The Morgan fingerprint density at radius 3 is 2.14 bits per heavy atom. The summed E-state index contributed by atoms with van der Waals surface area (Å²) < 4.78 is -1.12. The van der Waals surface area contributed by atoms with Crippen molar-refractivity contribution in [3.8, 4) is 0 Å². The third kappa shape index (κ3) is 7.81. The minimum absolute atomic E-state index is 0.428. The van der Waals surface area contributed by atoms with E-state index in [4.69, 9.17) is 34.8 Å². The van der Waals surface area contributed by atoms with Crippen molar-refractivity contribution in [1.82, 2.24) is 0 Å². The lowest BCUT2D eigenvalue weighted by molar-refractivity contribution is 0.516. The lowest BCUT2D eigenvalue weighted by Gasteiger charge is -2.25. The van der Waals surface area contributed by atoms with Gasteiger partial charge < -0.3 is 0 Å². The van der Waals surface area contributed by atoms with Crippen molar-refractivity contribution >= 4 is 56.4 Å². The van der Waals surface area contributed by atoms with Gasteiger partial charge in [-0.05, 0) is 5.92 Å². The monoisotopic (exact) mass is 294 g/mol. The van der Waals surface area contributed by atoms with Gasteiger partial charge in [0, 0.05) is 17.4 Å². The van der Waals surface area contributed by atoms with Crippen LogP contribution in [0.25, 0.3) is 0 Å². The molecule has 0 bridgehead atoms. The summed E-state index contributed by atoms with van der Waals surface area (Å²) in [5.41, 5.74) is 0. The van der Waals surface area contributed by atoms with E-state index in [0.717, 1.165) is 12.2 Å². The third-order valence-corrected chi connectivity index (χ3v) is 5.59. The van der Waals surface area contributed by atoms with Crippen molar-refractivity contribution < 1.29 is 0 Å². The van der Waals surface area contributed by atoms with Crippen LogP contribution in [-0.2, 0) is 0 Å². The number of hydrogen-bond acceptors (Lipinski definition) is 2. The van der Waals surface area contributed by atoms with Crippen molar-refractivity contribution in [3.05, 3.63) is 0 Å². The van der Waals surface area contributed by atoms with Crippen LogP contribution >= 0.6 is 56.4 Å². The Bertz CT molecular complexity index is 147. The number of halogens is 3. The summed E-state index contributed by atoms with van der Waals surface area (Å²) >= 11 is 17.4. The quantitative estimate of drug-likeness (QED) is 0.464. The zero-order chi connectivity index (χ0) is 11.2. The Labute approximate surface area is 110 Å². The van der Waals surface area contributed by atoms with E-state index in [2.05, 4.69) is 20.8 Å². The van der Waals surface area contributed by atoms with Crippen molar-refractivity contribution in [2.45, 2.75) is 42.7 Å². The predicted molar refractivity (Wildman–Crippen MR) is 73.9 cm³/mol. The minimum Gasteiger partial charge on any atom is -0.0942 e. The highest BCUT2D eigenvalue weighted by atomic mass is 35.6. The number of rotatable bonds is 6. The maximum atomic E-state index is 5.82. The van der Waals surface area contributed by atoms with E-state index < -0.39 is 3.79 Å². The predicted octanol–water partition coefficient (Wildman–Crippen LogP) is 5.56. The fraction of sp³-hybridized carbons (Fsp3) is 1.00. The molecule has 0 aliphatic carbocycles. The average molecular weight is 296 g/mol. The van der Waals surface area contributed by atoms with E-state index in [9.17, 15) is 0 Å². The molecule has 14 heavy (non-hydrogen) atoms. The maximum absolute atomic E-state index is 5.82. The second kappa shape index (κ2) is 7.78. The molecule has 0 aromatic rings. The molecule has 86 valence electrons. The molecule has 0 aromatic carbocycles. The zero-order valence-electron chi connectivity index (χ0n) is 8.73. The highest BCUT2D eigenvalue weighted by Crippen LogP contribution is 2.42. The van der Waals surface area contributed by atoms with Crippen LogP contribution in [-0.4, -0.2) is 14.8 Å². The summed E-state index contributed by atoms with van der Waals surface area (Å²) in [5.74, 6) is 1.69. The molecule has 0 aliphatic heterocycles. The average Bonchev–Trinajstić information content (AvgIpc) is 2.09. The molecule has 0 N–H and O–H groups in total. The Kier molecular flexibility index (Phi) is 8.65. The topological polar surface area (TPSA) is 0 Å². The third-order valence-electron chi connectivity index (χ3n) is 2.02. The molecule has 0 rings (SSSR count). The Morgan fingerprint density at radius 2 is 1.79 bits per heavy atom. The van der Waals surface area contributed by atoms with E-state index in [0.29, 0.717) is 17.6 Å². The molecule has 0 saturated heterocycles. The first kappa shape index (κ1) is 15.6. The molecule has 0 aliphatic rings. The van der Waals surface area contributed by atoms with Crippen LogP contribution in [0.3, 0.4) is 0 Å². The molecule has 0 amide bonds. The van der Waals surface area contributed by atoms with Crippen molar-refractivity contribution in [2.24, 2.45) is 5.92 Å². The summed E-state index contributed by atoms with van der Waals surface area (Å²) in [6, 6.07) is 0. The molecule has 0 aromatic heterocycles. The van der Waals surface area contributed by atoms with Crippen LogP contribution in [0.15, 0.2) is 0 Å². The lowest BCUT2D eigenvalue weighted by Crippen LogP contribution is -2.20. The highest BCUT2D eigenvalue weighted by Gasteiger charge is 2.28. The molecule has 5 heteroatoms. The van der Waals surface area contributed by atoms with E-state index in [-0.39, 0.29) is 0 Å². The van der Waals surface area contributed by atoms with E-state index in [1.807, 2.05) is 21.6 Å². The SMILES string of the molecule is CCSSC(CC(Cl)(Cl)Cl)C(C)CC. The van der Waals surface area contributed by atoms with Crippen LogP contribution in [0.1, 0.15) is 33.6 Å². The van der Waals surface area contributed by atoms with Gasteiger partial charge in [-0.1, -0.05) is 83.6 Å². The van der Waals surface area contributed by atoms with Crippen LogP contribution in [0, 0.1) is 5.92 Å². The second-order valence-corrected chi connectivity index (χ2v) is 8.66. The number of alkyl halides is 3. The summed E-state index contributed by atoms with van der Waals surface area (Å²) in [4.78, 5) is 0. The van der Waals surface area contributed by atoms with E-state index in [1.165, 1.54) is 0 Å². The van der Waals surface area contributed by atoms with Gasteiger partial charge in [-0.2, -0.15) is 0 Å². The largest absolute Gasteiger partial charge is 0.191 e. The lowest BCUT2D eigenvalue weighted by atomic mass is 10.0. The standard InChI is InChI=1S/C9H17Cl3S2/c1-4-7(3)8(14-13-5-2)6-9(10,11)12/h7-8H,4-6H2,1-3H3. The molecule has 0 fully saturated rings. The van der Waals surface area contributed by atoms with Gasteiger partial charge in [0.05, 0.1) is 0 Å². The van der Waals surface area contributed by atoms with Gasteiger partial charge in [0.25, 0.3) is 0 Å². The molecule has 2 unspecified atom stereocenters.